The molecule has 3 heterocycles. The van der Waals surface area contributed by atoms with Crippen LogP contribution >= 0.6 is 11.3 Å². The number of carbonyl (C=O) groups is 1. The van der Waals surface area contributed by atoms with Gasteiger partial charge in [0.1, 0.15) is 5.75 Å². The third-order valence-electron chi connectivity index (χ3n) is 5.35. The monoisotopic (exact) mass is 456 g/mol. The van der Waals surface area contributed by atoms with E-state index in [1.165, 1.54) is 12.5 Å². The Morgan fingerprint density at radius 2 is 1.97 bits per heavy atom. The number of ether oxygens (including phenoxy) is 1. The van der Waals surface area contributed by atoms with Crippen LogP contribution in [0.25, 0.3) is 27.3 Å². The standard InChI is InChI=1S/C23H24N2O4S2/c1-15(26)29-18-6-4-5-17(12-18)21-14-24(2)23(27)20-13-19(30-22(20)21)11-16-7-9-25(10-8-16)31(3)28/h4-6,11-14H,7-10H2,1-3H3. The van der Waals surface area contributed by atoms with E-state index in [1.54, 1.807) is 35.3 Å². The van der Waals surface area contributed by atoms with Crippen LogP contribution < -0.4 is 10.3 Å². The van der Waals surface area contributed by atoms with Gasteiger partial charge in [-0.1, -0.05) is 17.7 Å². The second-order valence-electron chi connectivity index (χ2n) is 7.63. The van der Waals surface area contributed by atoms with Gasteiger partial charge in [0.15, 0.2) is 0 Å². The van der Waals surface area contributed by atoms with Gasteiger partial charge in [0, 0.05) is 54.7 Å². The fourth-order valence-corrected chi connectivity index (χ4v) is 5.69. The maximum atomic E-state index is 12.8. The van der Waals surface area contributed by atoms with Crippen LogP contribution in [0, 0.1) is 0 Å². The smallest absolute Gasteiger partial charge is 0.308 e. The molecule has 0 bridgehead atoms. The summed E-state index contributed by atoms with van der Waals surface area (Å²) in [5, 5.41) is 0.682. The molecule has 0 amide bonds. The number of carbonyl (C=O) groups excluding carboxylic acids is 1. The summed E-state index contributed by atoms with van der Waals surface area (Å²) in [7, 11) is 0.819. The van der Waals surface area contributed by atoms with E-state index < -0.39 is 11.0 Å². The first-order valence-electron chi connectivity index (χ1n) is 10.0. The van der Waals surface area contributed by atoms with Gasteiger partial charge in [0.2, 0.25) is 0 Å². The normalized spacial score (nSPS) is 15.8. The molecule has 2 aromatic heterocycles. The van der Waals surface area contributed by atoms with Crippen molar-refractivity contribution in [3.05, 3.63) is 57.3 Å². The Morgan fingerprint density at radius 3 is 2.65 bits per heavy atom. The summed E-state index contributed by atoms with van der Waals surface area (Å²) in [5.74, 6) is 0.108. The average Bonchev–Trinajstić information content (AvgIpc) is 3.14. The minimum Gasteiger partial charge on any atom is -0.427 e. The molecule has 31 heavy (non-hydrogen) atoms. The van der Waals surface area contributed by atoms with Crippen LogP contribution in [0.15, 0.2) is 46.9 Å². The third kappa shape index (κ3) is 4.71. The van der Waals surface area contributed by atoms with Gasteiger partial charge in [-0.2, -0.15) is 0 Å². The Labute approximate surface area is 187 Å². The summed E-state index contributed by atoms with van der Waals surface area (Å²) in [4.78, 5) is 25.2. The Hall–Kier alpha value is -2.55. The van der Waals surface area contributed by atoms with E-state index in [0.717, 1.165) is 46.6 Å². The molecule has 0 aliphatic carbocycles. The third-order valence-corrected chi connectivity index (χ3v) is 7.56. The molecule has 0 spiro atoms. The van der Waals surface area contributed by atoms with Gasteiger partial charge >= 0.3 is 5.97 Å². The van der Waals surface area contributed by atoms with Crippen molar-refractivity contribution in [2.75, 3.05) is 19.3 Å². The predicted molar refractivity (Wildman–Crippen MR) is 127 cm³/mol. The van der Waals surface area contributed by atoms with Gasteiger partial charge in [-0.25, -0.2) is 8.51 Å². The summed E-state index contributed by atoms with van der Waals surface area (Å²) < 4.78 is 21.4. The van der Waals surface area contributed by atoms with Gasteiger partial charge in [-0.3, -0.25) is 9.59 Å². The predicted octanol–water partition coefficient (Wildman–Crippen LogP) is 3.97. The van der Waals surface area contributed by atoms with E-state index in [2.05, 4.69) is 6.08 Å². The van der Waals surface area contributed by atoms with Crippen molar-refractivity contribution in [1.29, 1.82) is 0 Å². The summed E-state index contributed by atoms with van der Waals surface area (Å²) in [5.41, 5.74) is 3.09. The molecule has 0 saturated carbocycles. The minimum absolute atomic E-state index is 0.0352. The van der Waals surface area contributed by atoms with Crippen molar-refractivity contribution >= 4 is 44.5 Å². The SMILES string of the molecule is CC(=O)Oc1cccc(-c2cn(C)c(=O)c3cc(C=C4CCN(S(C)=O)CC4)sc23)c1. The van der Waals surface area contributed by atoms with E-state index >= 15 is 0 Å². The zero-order valence-electron chi connectivity index (χ0n) is 17.7. The number of aryl methyl sites for hydroxylation is 1. The van der Waals surface area contributed by atoms with Crippen LogP contribution in [-0.2, 0) is 22.8 Å². The van der Waals surface area contributed by atoms with Crippen LogP contribution in [0.4, 0.5) is 0 Å². The zero-order chi connectivity index (χ0) is 22.1. The van der Waals surface area contributed by atoms with Crippen LogP contribution in [0.2, 0.25) is 0 Å². The van der Waals surface area contributed by atoms with Crippen molar-refractivity contribution in [1.82, 2.24) is 8.87 Å². The first-order chi connectivity index (χ1) is 14.8. The van der Waals surface area contributed by atoms with E-state index in [9.17, 15) is 13.8 Å². The largest absolute Gasteiger partial charge is 0.427 e. The highest BCUT2D eigenvalue weighted by Crippen LogP contribution is 2.36. The van der Waals surface area contributed by atoms with Gasteiger partial charge in [-0.05, 0) is 42.7 Å². The lowest BCUT2D eigenvalue weighted by Gasteiger charge is -2.25. The number of aromatic nitrogens is 1. The second-order valence-corrected chi connectivity index (χ2v) is 10.1. The zero-order valence-corrected chi connectivity index (χ0v) is 19.3. The van der Waals surface area contributed by atoms with E-state index in [4.69, 9.17) is 4.74 Å². The number of thiophene rings is 1. The quantitative estimate of drug-likeness (QED) is 0.440. The van der Waals surface area contributed by atoms with Gasteiger partial charge in [0.05, 0.1) is 16.4 Å². The summed E-state index contributed by atoms with van der Waals surface area (Å²) in [6.07, 6.45) is 7.47. The molecule has 8 heteroatoms. The van der Waals surface area contributed by atoms with E-state index in [1.807, 2.05) is 34.8 Å². The lowest BCUT2D eigenvalue weighted by molar-refractivity contribution is -0.131. The molecule has 1 fully saturated rings. The molecule has 4 rings (SSSR count). The van der Waals surface area contributed by atoms with Crippen molar-refractivity contribution in [3.63, 3.8) is 0 Å². The number of hydrogen-bond donors (Lipinski definition) is 0. The molecule has 1 aliphatic heterocycles. The number of esters is 1. The molecule has 162 valence electrons. The molecular formula is C23H24N2O4S2. The molecule has 1 unspecified atom stereocenters. The van der Waals surface area contributed by atoms with Crippen LogP contribution in [-0.4, -0.2) is 38.4 Å². The number of pyridine rings is 1. The topological polar surface area (TPSA) is 68.6 Å². The first kappa shape index (κ1) is 21.7. The first-order valence-corrected chi connectivity index (χ1v) is 12.3. The number of hydrogen-bond acceptors (Lipinski definition) is 5. The van der Waals surface area contributed by atoms with E-state index in [-0.39, 0.29) is 11.5 Å². The summed E-state index contributed by atoms with van der Waals surface area (Å²) in [6.45, 7) is 2.95. The highest BCUT2D eigenvalue weighted by molar-refractivity contribution is 7.81. The van der Waals surface area contributed by atoms with Gasteiger partial charge in [0.25, 0.3) is 5.56 Å². The van der Waals surface area contributed by atoms with E-state index in [0.29, 0.717) is 11.1 Å². The highest BCUT2D eigenvalue weighted by Gasteiger charge is 2.18. The maximum absolute atomic E-state index is 12.8. The number of rotatable bonds is 4. The second kappa shape index (κ2) is 8.90. The fraction of sp³-hybridized carbons (Fsp3) is 0.304. The molecule has 1 aliphatic rings. The molecular weight excluding hydrogens is 432 g/mol. The molecule has 0 radical (unpaired) electrons. The molecule has 3 aromatic rings. The Bertz CT molecular complexity index is 1260. The summed E-state index contributed by atoms with van der Waals surface area (Å²) >= 11 is 1.59. The molecule has 1 aromatic carbocycles. The number of piperidine rings is 1. The summed E-state index contributed by atoms with van der Waals surface area (Å²) in [6, 6.07) is 9.30. The average molecular weight is 457 g/mol. The Balaban J connectivity index is 1.74. The number of benzene rings is 1. The molecule has 6 nitrogen and oxygen atoms in total. The minimum atomic E-state index is -0.928. The lowest BCUT2D eigenvalue weighted by atomic mass is 10.0. The van der Waals surface area contributed by atoms with Crippen molar-refractivity contribution in [2.24, 2.45) is 7.05 Å². The van der Waals surface area contributed by atoms with Crippen molar-refractivity contribution in [2.45, 2.75) is 19.8 Å². The number of fused-ring (bicyclic) bond motifs is 1. The van der Waals surface area contributed by atoms with Gasteiger partial charge in [-0.15, -0.1) is 11.3 Å². The van der Waals surface area contributed by atoms with Crippen molar-refractivity contribution < 1.29 is 13.7 Å². The molecule has 1 saturated heterocycles. The van der Waals surface area contributed by atoms with Gasteiger partial charge < -0.3 is 9.30 Å². The maximum Gasteiger partial charge on any atom is 0.308 e. The Morgan fingerprint density at radius 1 is 1.23 bits per heavy atom. The molecule has 1 atom stereocenters. The van der Waals surface area contributed by atoms with Crippen LogP contribution in [0.3, 0.4) is 0 Å². The lowest BCUT2D eigenvalue weighted by Crippen LogP contribution is -2.31. The van der Waals surface area contributed by atoms with Crippen LogP contribution in [0.1, 0.15) is 24.6 Å². The molecule has 0 N–H and O–H groups in total. The van der Waals surface area contributed by atoms with Crippen LogP contribution in [0.5, 0.6) is 5.75 Å². The Kier molecular flexibility index (Phi) is 6.22. The van der Waals surface area contributed by atoms with Crippen molar-refractivity contribution in [3.8, 4) is 16.9 Å². The number of nitrogens with zero attached hydrogens (tertiary/aromatic N) is 2. The highest BCUT2D eigenvalue weighted by atomic mass is 32.2. The fourth-order valence-electron chi connectivity index (χ4n) is 3.82.